The largest absolute Gasteiger partial charge is 0.495 e. The van der Waals surface area contributed by atoms with Gasteiger partial charge in [-0.05, 0) is 49.4 Å². The summed E-state index contributed by atoms with van der Waals surface area (Å²) in [5, 5.41) is 16.8. The fourth-order valence-corrected chi connectivity index (χ4v) is 5.11. The molecule has 1 heterocycles. The van der Waals surface area contributed by atoms with E-state index in [2.05, 4.69) is 21.4 Å². The van der Waals surface area contributed by atoms with Gasteiger partial charge in [0.15, 0.2) is 0 Å². The van der Waals surface area contributed by atoms with Crippen molar-refractivity contribution in [3.8, 4) is 5.75 Å². The number of methoxy groups -OCH3 is 1. The fourth-order valence-electron chi connectivity index (χ4n) is 3.62. The molecule has 38 heavy (non-hydrogen) atoms. The Labute approximate surface area is 222 Å². The van der Waals surface area contributed by atoms with Gasteiger partial charge in [-0.25, -0.2) is 18.0 Å². The molecule has 15 heteroatoms. The predicted octanol–water partition coefficient (Wildman–Crippen LogP) is 4.01. The van der Waals surface area contributed by atoms with Crippen LogP contribution in [0.4, 0.5) is 24.5 Å². The molecule has 2 aromatic rings. The van der Waals surface area contributed by atoms with Crippen LogP contribution in [0.3, 0.4) is 0 Å². The molecule has 10 nitrogen and oxygen atoms in total. The summed E-state index contributed by atoms with van der Waals surface area (Å²) in [6.07, 6.45) is -4.01. The summed E-state index contributed by atoms with van der Waals surface area (Å²) in [6.45, 7) is 6.27. The van der Waals surface area contributed by atoms with Gasteiger partial charge >= 0.3 is 18.1 Å². The van der Waals surface area contributed by atoms with Crippen molar-refractivity contribution in [1.29, 1.82) is 0 Å². The van der Waals surface area contributed by atoms with Crippen LogP contribution in [0, 0.1) is 0 Å². The van der Waals surface area contributed by atoms with Crippen LogP contribution >= 0.6 is 11.6 Å². The molecule has 0 spiro atoms. The number of carbonyl (C=O) groups is 2. The number of carboxylic acid groups (broad SMARTS) is 2. The zero-order valence-electron chi connectivity index (χ0n) is 20.5. The Bertz CT molecular complexity index is 1250. The van der Waals surface area contributed by atoms with E-state index in [4.69, 9.17) is 26.2 Å². The zero-order chi connectivity index (χ0) is 28.7. The van der Waals surface area contributed by atoms with Gasteiger partial charge in [0, 0.05) is 31.2 Å². The number of benzene rings is 2. The fraction of sp³-hybridized carbons (Fsp3) is 0.391. The number of aromatic carboxylic acids is 1. The van der Waals surface area contributed by atoms with Crippen LogP contribution < -0.4 is 14.4 Å². The van der Waals surface area contributed by atoms with Crippen LogP contribution in [0.5, 0.6) is 5.75 Å². The van der Waals surface area contributed by atoms with Gasteiger partial charge in [0.05, 0.1) is 24.0 Å². The van der Waals surface area contributed by atoms with E-state index >= 15 is 0 Å². The third-order valence-corrected chi connectivity index (χ3v) is 7.02. The van der Waals surface area contributed by atoms with Gasteiger partial charge in [0.25, 0.3) is 10.0 Å². The van der Waals surface area contributed by atoms with Crippen LogP contribution in [-0.4, -0.2) is 81.5 Å². The number of anilines is 2. The Morgan fingerprint density at radius 2 is 1.68 bits per heavy atom. The molecular weight excluding hydrogens is 555 g/mol. The van der Waals surface area contributed by atoms with Gasteiger partial charge in [-0.2, -0.15) is 13.2 Å². The van der Waals surface area contributed by atoms with Crippen molar-refractivity contribution in [2.24, 2.45) is 0 Å². The Kier molecular flexibility index (Phi) is 10.6. The average Bonchev–Trinajstić information content (AvgIpc) is 2.84. The molecule has 0 unspecified atom stereocenters. The molecule has 210 valence electrons. The van der Waals surface area contributed by atoms with Crippen molar-refractivity contribution in [1.82, 2.24) is 4.90 Å². The van der Waals surface area contributed by atoms with E-state index in [1.54, 1.807) is 6.07 Å². The molecular formula is C23H27ClF3N3O7S. The normalized spacial score (nSPS) is 14.3. The maximum Gasteiger partial charge on any atom is 0.490 e. The molecule has 1 aliphatic heterocycles. The summed E-state index contributed by atoms with van der Waals surface area (Å²) < 4.78 is 65.8. The molecule has 0 atom stereocenters. The van der Waals surface area contributed by atoms with Crippen molar-refractivity contribution < 1.29 is 46.1 Å². The molecule has 0 bridgehead atoms. The predicted molar refractivity (Wildman–Crippen MR) is 135 cm³/mol. The molecule has 3 N–H and O–H groups in total. The number of nitrogens with one attached hydrogen (secondary N) is 1. The lowest BCUT2D eigenvalue weighted by Crippen LogP contribution is -2.46. The third-order valence-electron chi connectivity index (χ3n) is 5.40. The SMILES string of the molecule is CCCN1CCN(c2ccc(C(=O)O)cc2NS(=O)(=O)c2cc(Cl)ccc2OC)CC1.O=C(O)C(F)(F)F. The van der Waals surface area contributed by atoms with Gasteiger partial charge in [0.1, 0.15) is 10.6 Å². The second kappa shape index (κ2) is 13.0. The van der Waals surface area contributed by atoms with Gasteiger partial charge < -0.3 is 19.8 Å². The quantitative estimate of drug-likeness (QED) is 0.422. The standard InChI is InChI=1S/C21H26ClN3O5S.C2HF3O2/c1-3-8-24-9-11-25(12-10-24)18-6-4-15(21(26)27)13-17(18)23-31(28,29)20-14-16(22)5-7-19(20)30-2;3-2(4,5)1(6)7/h4-7,13-14,23H,3,8-12H2,1-2H3,(H,26,27);(H,6,7). The van der Waals surface area contributed by atoms with Crippen LogP contribution in [0.25, 0.3) is 0 Å². The first-order valence-electron chi connectivity index (χ1n) is 11.2. The van der Waals surface area contributed by atoms with E-state index in [9.17, 15) is 31.5 Å². The highest BCUT2D eigenvalue weighted by molar-refractivity contribution is 7.92. The topological polar surface area (TPSA) is 136 Å². The summed E-state index contributed by atoms with van der Waals surface area (Å²) in [5.41, 5.74) is 0.820. The number of aliphatic carboxylic acids is 1. The molecule has 1 fully saturated rings. The van der Waals surface area contributed by atoms with Crippen molar-refractivity contribution in [2.45, 2.75) is 24.4 Å². The zero-order valence-corrected chi connectivity index (χ0v) is 22.0. The van der Waals surface area contributed by atoms with E-state index < -0.39 is 28.1 Å². The minimum Gasteiger partial charge on any atom is -0.495 e. The van der Waals surface area contributed by atoms with Crippen LogP contribution in [0.2, 0.25) is 5.02 Å². The summed E-state index contributed by atoms with van der Waals surface area (Å²) in [5.74, 6) is -3.76. The third kappa shape index (κ3) is 8.39. The maximum absolute atomic E-state index is 13.2. The highest BCUT2D eigenvalue weighted by Gasteiger charge is 2.38. The monoisotopic (exact) mass is 581 g/mol. The van der Waals surface area contributed by atoms with Gasteiger partial charge in [-0.3, -0.25) is 9.62 Å². The second-order valence-corrected chi connectivity index (χ2v) is 10.2. The lowest BCUT2D eigenvalue weighted by atomic mass is 10.1. The van der Waals surface area contributed by atoms with Crippen molar-refractivity contribution in [2.75, 3.05) is 49.5 Å². The Balaban J connectivity index is 0.000000638. The second-order valence-electron chi connectivity index (χ2n) is 8.07. The summed E-state index contributed by atoms with van der Waals surface area (Å²) in [7, 11) is -2.72. The number of hydrogen-bond donors (Lipinski definition) is 3. The first-order chi connectivity index (χ1) is 17.7. The molecule has 0 saturated carbocycles. The summed E-state index contributed by atoms with van der Waals surface area (Å²) in [4.78, 5) is 24.7. The summed E-state index contributed by atoms with van der Waals surface area (Å²) in [6, 6.07) is 8.77. The molecule has 0 aliphatic carbocycles. The number of carboxylic acids is 2. The number of nitrogens with zero attached hydrogens (tertiary/aromatic N) is 2. The molecule has 0 radical (unpaired) electrons. The van der Waals surface area contributed by atoms with Gasteiger partial charge in [-0.1, -0.05) is 18.5 Å². The van der Waals surface area contributed by atoms with Crippen molar-refractivity contribution in [3.63, 3.8) is 0 Å². The Hall–Kier alpha value is -3.23. The number of rotatable bonds is 8. The van der Waals surface area contributed by atoms with Crippen LogP contribution in [0.15, 0.2) is 41.3 Å². The van der Waals surface area contributed by atoms with E-state index in [1.165, 1.54) is 37.4 Å². The lowest BCUT2D eigenvalue weighted by molar-refractivity contribution is -0.192. The lowest BCUT2D eigenvalue weighted by Gasteiger charge is -2.37. The average molecular weight is 582 g/mol. The van der Waals surface area contributed by atoms with E-state index in [1.807, 2.05) is 0 Å². The first kappa shape index (κ1) is 31.0. The number of sulfonamides is 1. The number of ether oxygens (including phenoxy) is 1. The molecule has 3 rings (SSSR count). The van der Waals surface area contributed by atoms with E-state index in [-0.39, 0.29) is 26.9 Å². The first-order valence-corrected chi connectivity index (χ1v) is 13.1. The number of piperazine rings is 1. The smallest absolute Gasteiger partial charge is 0.490 e. The van der Waals surface area contributed by atoms with Crippen molar-refractivity contribution in [3.05, 3.63) is 47.0 Å². The molecule has 2 aromatic carbocycles. The Morgan fingerprint density at radius 1 is 1.08 bits per heavy atom. The van der Waals surface area contributed by atoms with Crippen LogP contribution in [-0.2, 0) is 14.8 Å². The number of alkyl halides is 3. The van der Waals surface area contributed by atoms with E-state index in [0.29, 0.717) is 18.8 Å². The highest BCUT2D eigenvalue weighted by Crippen LogP contribution is 2.33. The number of halogens is 4. The highest BCUT2D eigenvalue weighted by atomic mass is 35.5. The minimum atomic E-state index is -5.08. The van der Waals surface area contributed by atoms with Crippen molar-refractivity contribution >= 4 is 44.9 Å². The molecule has 0 amide bonds. The van der Waals surface area contributed by atoms with Gasteiger partial charge in [0.2, 0.25) is 0 Å². The summed E-state index contributed by atoms with van der Waals surface area (Å²) >= 11 is 6.00. The maximum atomic E-state index is 13.2. The van der Waals surface area contributed by atoms with E-state index in [0.717, 1.165) is 26.1 Å². The molecule has 1 saturated heterocycles. The molecule has 0 aromatic heterocycles. The molecule has 1 aliphatic rings. The minimum absolute atomic E-state index is 0.0101. The number of hydrogen-bond acceptors (Lipinski definition) is 7. The van der Waals surface area contributed by atoms with Gasteiger partial charge in [-0.15, -0.1) is 0 Å². The van der Waals surface area contributed by atoms with Crippen LogP contribution in [0.1, 0.15) is 23.7 Å². The Morgan fingerprint density at radius 3 is 2.18 bits per heavy atom.